The minimum Gasteiger partial charge on any atom is -0.303 e. The molecule has 0 radical (unpaired) electrons. The number of fused-ring (bicyclic) bond motifs is 1. The molecule has 0 aliphatic carbocycles. The first-order valence-corrected chi connectivity index (χ1v) is 6.24. The third-order valence-electron chi connectivity index (χ3n) is 3.73. The maximum absolute atomic E-state index is 4.32. The number of likely N-dealkylation sites (N-methyl/N-ethyl adjacent to an activating group) is 1. The van der Waals surface area contributed by atoms with E-state index in [1.54, 1.807) is 0 Å². The molecule has 0 saturated carbocycles. The van der Waals surface area contributed by atoms with Crippen LogP contribution in [0.15, 0.2) is 18.3 Å². The zero-order valence-corrected chi connectivity index (χ0v) is 10.4. The van der Waals surface area contributed by atoms with E-state index >= 15 is 0 Å². The second-order valence-electron chi connectivity index (χ2n) is 5.03. The topological polar surface area (TPSA) is 33.4 Å². The SMILES string of the molecule is Cc1ccn2c(CC3CCCN3C)nnc2c1. The number of aryl methyl sites for hydroxylation is 1. The number of hydrogen-bond donors (Lipinski definition) is 0. The van der Waals surface area contributed by atoms with Crippen molar-refractivity contribution in [3.05, 3.63) is 29.7 Å². The van der Waals surface area contributed by atoms with Crippen LogP contribution in [0.1, 0.15) is 24.2 Å². The normalized spacial score (nSPS) is 21.4. The Morgan fingerprint density at radius 1 is 1.41 bits per heavy atom. The summed E-state index contributed by atoms with van der Waals surface area (Å²) < 4.78 is 2.11. The molecule has 1 fully saturated rings. The van der Waals surface area contributed by atoms with Gasteiger partial charge in [-0.1, -0.05) is 0 Å². The predicted molar refractivity (Wildman–Crippen MR) is 67.1 cm³/mol. The van der Waals surface area contributed by atoms with E-state index in [1.807, 2.05) is 0 Å². The van der Waals surface area contributed by atoms with Crippen LogP contribution < -0.4 is 0 Å². The maximum atomic E-state index is 4.32. The van der Waals surface area contributed by atoms with Crippen molar-refractivity contribution in [2.24, 2.45) is 0 Å². The predicted octanol–water partition coefficient (Wildman–Crippen LogP) is 1.67. The fraction of sp³-hybridized carbons (Fsp3) is 0.538. The lowest BCUT2D eigenvalue weighted by Gasteiger charge is -2.18. The first-order chi connectivity index (χ1) is 8.24. The van der Waals surface area contributed by atoms with Gasteiger partial charge in [0.15, 0.2) is 5.65 Å². The lowest BCUT2D eigenvalue weighted by molar-refractivity contribution is 0.305. The Morgan fingerprint density at radius 2 is 2.29 bits per heavy atom. The van der Waals surface area contributed by atoms with Gasteiger partial charge in [-0.05, 0) is 51.1 Å². The fourth-order valence-corrected chi connectivity index (χ4v) is 2.63. The third-order valence-corrected chi connectivity index (χ3v) is 3.73. The molecule has 0 bridgehead atoms. The van der Waals surface area contributed by atoms with Gasteiger partial charge in [0.25, 0.3) is 0 Å². The van der Waals surface area contributed by atoms with Crippen molar-refractivity contribution in [3.63, 3.8) is 0 Å². The van der Waals surface area contributed by atoms with E-state index in [9.17, 15) is 0 Å². The maximum Gasteiger partial charge on any atom is 0.161 e. The standard InChI is InChI=1S/C13H18N4/c1-10-5-7-17-12(8-10)14-15-13(17)9-11-4-3-6-16(11)2/h5,7-8,11H,3-4,6,9H2,1-2H3. The third kappa shape index (κ3) is 1.93. The van der Waals surface area contributed by atoms with Crippen LogP contribution >= 0.6 is 0 Å². The van der Waals surface area contributed by atoms with E-state index in [1.165, 1.54) is 24.9 Å². The highest BCUT2D eigenvalue weighted by Gasteiger charge is 2.22. The highest BCUT2D eigenvalue weighted by Crippen LogP contribution is 2.19. The minimum absolute atomic E-state index is 0.628. The summed E-state index contributed by atoms with van der Waals surface area (Å²) >= 11 is 0. The van der Waals surface area contributed by atoms with Crippen molar-refractivity contribution in [2.45, 2.75) is 32.2 Å². The van der Waals surface area contributed by atoms with E-state index in [-0.39, 0.29) is 0 Å². The molecule has 1 aliphatic rings. The van der Waals surface area contributed by atoms with E-state index in [2.05, 4.69) is 51.8 Å². The fourth-order valence-electron chi connectivity index (χ4n) is 2.63. The van der Waals surface area contributed by atoms with Crippen LogP contribution in [0.3, 0.4) is 0 Å². The summed E-state index contributed by atoms with van der Waals surface area (Å²) in [6.07, 6.45) is 5.66. The first-order valence-electron chi connectivity index (χ1n) is 6.24. The lowest BCUT2D eigenvalue weighted by atomic mass is 10.1. The van der Waals surface area contributed by atoms with Crippen LogP contribution in [0, 0.1) is 6.92 Å². The number of hydrogen-bond acceptors (Lipinski definition) is 3. The molecule has 0 amide bonds. The molecule has 0 aromatic carbocycles. The molecule has 1 aliphatic heterocycles. The van der Waals surface area contributed by atoms with Crippen LogP contribution in [0.4, 0.5) is 0 Å². The summed E-state index contributed by atoms with van der Waals surface area (Å²) in [4.78, 5) is 2.43. The number of likely N-dealkylation sites (tertiary alicyclic amines) is 1. The molecule has 3 heterocycles. The van der Waals surface area contributed by atoms with Gasteiger partial charge in [0.2, 0.25) is 0 Å². The Bertz CT molecular complexity index is 531. The summed E-state index contributed by atoms with van der Waals surface area (Å²) in [5, 5.41) is 8.56. The van der Waals surface area contributed by atoms with Gasteiger partial charge in [-0.15, -0.1) is 10.2 Å². The van der Waals surface area contributed by atoms with Crippen LogP contribution in [0.5, 0.6) is 0 Å². The Hall–Kier alpha value is -1.42. The highest BCUT2D eigenvalue weighted by molar-refractivity contribution is 5.40. The Morgan fingerprint density at radius 3 is 3.06 bits per heavy atom. The van der Waals surface area contributed by atoms with Crippen LogP contribution in [0.2, 0.25) is 0 Å². The molecule has 0 N–H and O–H groups in total. The summed E-state index contributed by atoms with van der Waals surface area (Å²) in [7, 11) is 2.20. The quantitative estimate of drug-likeness (QED) is 0.787. The Kier molecular flexibility index (Phi) is 2.59. The van der Waals surface area contributed by atoms with Gasteiger partial charge in [-0.25, -0.2) is 0 Å². The largest absolute Gasteiger partial charge is 0.303 e. The second kappa shape index (κ2) is 4.11. The lowest BCUT2D eigenvalue weighted by Crippen LogP contribution is -2.27. The molecule has 1 atom stereocenters. The summed E-state index contributed by atoms with van der Waals surface area (Å²) in [5.74, 6) is 1.08. The summed E-state index contributed by atoms with van der Waals surface area (Å²) in [5.41, 5.74) is 2.19. The molecule has 2 aromatic heterocycles. The molecule has 1 saturated heterocycles. The molecular formula is C13H18N4. The number of nitrogens with zero attached hydrogens (tertiary/aromatic N) is 4. The van der Waals surface area contributed by atoms with E-state index < -0.39 is 0 Å². The van der Waals surface area contributed by atoms with Gasteiger partial charge in [0, 0.05) is 18.7 Å². The highest BCUT2D eigenvalue weighted by atomic mass is 15.3. The van der Waals surface area contributed by atoms with E-state index in [0.717, 1.165) is 17.9 Å². The van der Waals surface area contributed by atoms with Gasteiger partial charge in [-0.3, -0.25) is 4.40 Å². The number of aromatic nitrogens is 3. The summed E-state index contributed by atoms with van der Waals surface area (Å²) in [6.45, 7) is 3.29. The molecule has 2 aromatic rings. The average Bonchev–Trinajstić information content (AvgIpc) is 2.87. The van der Waals surface area contributed by atoms with Gasteiger partial charge in [0.05, 0.1) is 0 Å². The van der Waals surface area contributed by atoms with E-state index in [4.69, 9.17) is 0 Å². The van der Waals surface area contributed by atoms with Crippen molar-refractivity contribution < 1.29 is 0 Å². The van der Waals surface area contributed by atoms with Crippen molar-refractivity contribution in [3.8, 4) is 0 Å². The molecule has 90 valence electrons. The number of rotatable bonds is 2. The molecule has 4 heteroatoms. The van der Waals surface area contributed by atoms with Gasteiger partial charge >= 0.3 is 0 Å². The first kappa shape index (κ1) is 10.7. The second-order valence-corrected chi connectivity index (χ2v) is 5.03. The van der Waals surface area contributed by atoms with Crippen molar-refractivity contribution in [2.75, 3.05) is 13.6 Å². The molecule has 4 nitrogen and oxygen atoms in total. The zero-order chi connectivity index (χ0) is 11.8. The molecule has 17 heavy (non-hydrogen) atoms. The van der Waals surface area contributed by atoms with Gasteiger partial charge < -0.3 is 4.90 Å². The molecular weight excluding hydrogens is 212 g/mol. The van der Waals surface area contributed by atoms with Crippen LogP contribution in [0.25, 0.3) is 5.65 Å². The van der Waals surface area contributed by atoms with E-state index in [0.29, 0.717) is 6.04 Å². The monoisotopic (exact) mass is 230 g/mol. The van der Waals surface area contributed by atoms with Crippen molar-refractivity contribution >= 4 is 5.65 Å². The molecule has 0 spiro atoms. The smallest absolute Gasteiger partial charge is 0.161 e. The Balaban J connectivity index is 1.90. The van der Waals surface area contributed by atoms with Gasteiger partial charge in [-0.2, -0.15) is 0 Å². The van der Waals surface area contributed by atoms with Crippen molar-refractivity contribution in [1.82, 2.24) is 19.5 Å². The average molecular weight is 230 g/mol. The molecule has 1 unspecified atom stereocenters. The Labute approximate surface area is 101 Å². The van der Waals surface area contributed by atoms with Crippen molar-refractivity contribution in [1.29, 1.82) is 0 Å². The van der Waals surface area contributed by atoms with Gasteiger partial charge in [0.1, 0.15) is 5.82 Å². The zero-order valence-electron chi connectivity index (χ0n) is 10.4. The van der Waals surface area contributed by atoms with Crippen LogP contribution in [-0.2, 0) is 6.42 Å². The minimum atomic E-state index is 0.628. The summed E-state index contributed by atoms with van der Waals surface area (Å²) in [6, 6.07) is 4.82. The number of pyridine rings is 1. The molecule has 3 rings (SSSR count). The van der Waals surface area contributed by atoms with Crippen LogP contribution in [-0.4, -0.2) is 39.1 Å².